The Labute approximate surface area is 188 Å². The quantitative estimate of drug-likeness (QED) is 0.693. The molecule has 176 valence electrons. The fraction of sp³-hybridized carbons (Fsp3) is 0.609. The van der Waals surface area contributed by atoms with Gasteiger partial charge in [-0.25, -0.2) is 4.39 Å². The number of amides is 3. The zero-order valence-corrected chi connectivity index (χ0v) is 19.2. The van der Waals surface area contributed by atoms with Gasteiger partial charge in [-0.3, -0.25) is 19.3 Å². The molecular weight excluding hydrogens is 417 g/mol. The van der Waals surface area contributed by atoms with E-state index in [9.17, 15) is 18.8 Å². The van der Waals surface area contributed by atoms with E-state index in [0.29, 0.717) is 39.1 Å². The molecule has 1 spiro atoms. The second-order valence-electron chi connectivity index (χ2n) is 9.28. The summed E-state index contributed by atoms with van der Waals surface area (Å²) in [6.45, 7) is 7.16. The molecule has 0 bridgehead atoms. The van der Waals surface area contributed by atoms with E-state index in [4.69, 9.17) is 9.47 Å². The first-order valence-corrected chi connectivity index (χ1v) is 10.9. The normalized spacial score (nSPS) is 20.5. The molecule has 0 saturated carbocycles. The fourth-order valence-corrected chi connectivity index (χ4v) is 4.23. The molecule has 1 atom stereocenters. The van der Waals surface area contributed by atoms with Gasteiger partial charge in [0, 0.05) is 50.6 Å². The van der Waals surface area contributed by atoms with Crippen LogP contribution in [-0.4, -0.2) is 79.2 Å². The maximum Gasteiger partial charge on any atom is 0.256 e. The lowest BCUT2D eigenvalue weighted by Gasteiger charge is -2.45. The monoisotopic (exact) mass is 449 g/mol. The number of likely N-dealkylation sites (tertiary alicyclic amines) is 1. The molecule has 2 aliphatic heterocycles. The third-order valence-electron chi connectivity index (χ3n) is 5.95. The van der Waals surface area contributed by atoms with Crippen LogP contribution in [0.4, 0.5) is 4.39 Å². The Kier molecular flexibility index (Phi) is 7.19. The molecule has 0 radical (unpaired) electrons. The second kappa shape index (κ2) is 9.54. The van der Waals surface area contributed by atoms with Crippen molar-refractivity contribution >= 4 is 17.7 Å². The van der Waals surface area contributed by atoms with Gasteiger partial charge in [0.15, 0.2) is 0 Å². The van der Waals surface area contributed by atoms with Crippen LogP contribution in [0.15, 0.2) is 24.3 Å². The molecule has 1 aromatic rings. The van der Waals surface area contributed by atoms with Crippen LogP contribution in [0.1, 0.15) is 44.0 Å². The van der Waals surface area contributed by atoms with Gasteiger partial charge in [0.25, 0.3) is 5.91 Å². The molecule has 2 aliphatic rings. The Morgan fingerprint density at radius 1 is 1.19 bits per heavy atom. The number of hydrogen-bond acceptors (Lipinski definition) is 5. The predicted molar refractivity (Wildman–Crippen MR) is 115 cm³/mol. The minimum Gasteiger partial charge on any atom is -0.383 e. The first-order chi connectivity index (χ1) is 15.1. The van der Waals surface area contributed by atoms with Gasteiger partial charge in [-0.1, -0.05) is 20.8 Å². The summed E-state index contributed by atoms with van der Waals surface area (Å²) in [4.78, 5) is 42.3. The summed E-state index contributed by atoms with van der Waals surface area (Å²) in [5.74, 6) is -1.14. The van der Waals surface area contributed by atoms with Gasteiger partial charge in [0.1, 0.15) is 17.6 Å². The van der Waals surface area contributed by atoms with Gasteiger partial charge in [0.05, 0.1) is 13.2 Å². The van der Waals surface area contributed by atoms with E-state index in [2.05, 4.69) is 5.32 Å². The number of methoxy groups -OCH3 is 1. The van der Waals surface area contributed by atoms with Crippen LogP contribution in [0.5, 0.6) is 0 Å². The third-order valence-corrected chi connectivity index (χ3v) is 5.95. The van der Waals surface area contributed by atoms with E-state index in [1.165, 1.54) is 36.3 Å². The van der Waals surface area contributed by atoms with Crippen LogP contribution >= 0.6 is 0 Å². The average molecular weight is 450 g/mol. The van der Waals surface area contributed by atoms with Crippen molar-refractivity contribution in [1.29, 1.82) is 0 Å². The number of nitrogens with one attached hydrogen (secondary N) is 1. The Morgan fingerprint density at radius 3 is 2.38 bits per heavy atom. The fourth-order valence-electron chi connectivity index (χ4n) is 4.23. The summed E-state index contributed by atoms with van der Waals surface area (Å²) < 4.78 is 24.5. The Balaban J connectivity index is 1.84. The van der Waals surface area contributed by atoms with Crippen molar-refractivity contribution in [2.24, 2.45) is 5.41 Å². The highest BCUT2D eigenvalue weighted by Crippen LogP contribution is 2.39. The van der Waals surface area contributed by atoms with Crippen molar-refractivity contribution < 1.29 is 28.2 Å². The smallest absolute Gasteiger partial charge is 0.256 e. The van der Waals surface area contributed by atoms with Crippen LogP contribution in [-0.2, 0) is 19.1 Å². The van der Waals surface area contributed by atoms with Crippen LogP contribution < -0.4 is 5.32 Å². The molecule has 1 N–H and O–H groups in total. The van der Waals surface area contributed by atoms with Gasteiger partial charge >= 0.3 is 0 Å². The van der Waals surface area contributed by atoms with Gasteiger partial charge in [-0.05, 0) is 24.3 Å². The minimum atomic E-state index is -0.997. The van der Waals surface area contributed by atoms with Crippen LogP contribution in [0.2, 0.25) is 0 Å². The van der Waals surface area contributed by atoms with Crippen molar-refractivity contribution in [1.82, 2.24) is 15.1 Å². The molecule has 3 rings (SSSR count). The van der Waals surface area contributed by atoms with E-state index in [-0.39, 0.29) is 24.0 Å². The summed E-state index contributed by atoms with van der Waals surface area (Å²) in [5, 5.41) is 2.78. The van der Waals surface area contributed by atoms with Crippen molar-refractivity contribution in [3.63, 3.8) is 0 Å². The lowest BCUT2D eigenvalue weighted by Crippen LogP contribution is -2.60. The molecule has 0 aliphatic carbocycles. The third kappa shape index (κ3) is 4.94. The second-order valence-corrected chi connectivity index (χ2v) is 9.28. The number of hydrogen-bond donors (Lipinski definition) is 1. The first-order valence-electron chi connectivity index (χ1n) is 10.9. The highest BCUT2D eigenvalue weighted by molar-refractivity contribution is 5.98. The molecule has 3 amide bonds. The van der Waals surface area contributed by atoms with Crippen molar-refractivity contribution in [3.05, 3.63) is 35.6 Å². The standard InChI is InChI=1S/C23H32FN3O5/c1-22(2,3)21(30)26-12-9-23(10-13-26)27(20(29)16-5-7-17(24)8-6-16)18(15-32-23)19(28)25-11-14-31-4/h5-8,18H,9-15H2,1-4H3,(H,25,28). The maximum absolute atomic E-state index is 13.5. The number of rotatable bonds is 5. The number of halogens is 1. The molecule has 1 aromatic carbocycles. The number of carbonyl (C=O) groups is 3. The average Bonchev–Trinajstić information content (AvgIpc) is 3.12. The largest absolute Gasteiger partial charge is 0.383 e. The van der Waals surface area contributed by atoms with E-state index >= 15 is 0 Å². The lowest BCUT2D eigenvalue weighted by molar-refractivity contribution is -0.150. The zero-order chi connectivity index (χ0) is 23.5. The molecule has 2 saturated heterocycles. The summed E-state index contributed by atoms with van der Waals surface area (Å²) in [5.41, 5.74) is -1.23. The van der Waals surface area contributed by atoms with Gasteiger partial charge in [-0.15, -0.1) is 0 Å². The number of nitrogens with zero attached hydrogens (tertiary/aromatic N) is 2. The topological polar surface area (TPSA) is 88.2 Å². The van der Waals surface area contributed by atoms with E-state index in [0.717, 1.165) is 0 Å². The van der Waals surface area contributed by atoms with Crippen molar-refractivity contribution in [2.45, 2.75) is 45.4 Å². The van der Waals surface area contributed by atoms with Gasteiger partial charge in [-0.2, -0.15) is 0 Å². The molecule has 0 aromatic heterocycles. The molecule has 8 nitrogen and oxygen atoms in total. The maximum atomic E-state index is 13.5. The zero-order valence-electron chi connectivity index (χ0n) is 19.2. The highest BCUT2D eigenvalue weighted by Gasteiger charge is 2.54. The summed E-state index contributed by atoms with van der Waals surface area (Å²) in [6.07, 6.45) is 0.785. The van der Waals surface area contributed by atoms with Crippen molar-refractivity contribution in [2.75, 3.05) is 40.0 Å². The SMILES string of the molecule is COCCNC(=O)C1COC2(CCN(C(=O)C(C)(C)C)CC2)N1C(=O)c1ccc(F)cc1. The van der Waals surface area contributed by atoms with E-state index in [1.54, 1.807) is 4.90 Å². The van der Waals surface area contributed by atoms with Crippen LogP contribution in [0.25, 0.3) is 0 Å². The molecule has 2 heterocycles. The summed E-state index contributed by atoms with van der Waals surface area (Å²) in [7, 11) is 1.54. The molecule has 32 heavy (non-hydrogen) atoms. The number of piperidine rings is 1. The van der Waals surface area contributed by atoms with E-state index in [1.807, 2.05) is 20.8 Å². The Hall–Kier alpha value is -2.52. The number of carbonyl (C=O) groups excluding carboxylic acids is 3. The van der Waals surface area contributed by atoms with E-state index < -0.39 is 28.9 Å². The molecule has 9 heteroatoms. The number of ether oxygens (including phenoxy) is 2. The number of benzene rings is 1. The molecular formula is C23H32FN3O5. The highest BCUT2D eigenvalue weighted by atomic mass is 19.1. The van der Waals surface area contributed by atoms with Gasteiger partial charge < -0.3 is 19.7 Å². The lowest BCUT2D eigenvalue weighted by atomic mass is 9.91. The predicted octanol–water partition coefficient (Wildman–Crippen LogP) is 1.79. The first kappa shape index (κ1) is 24.1. The van der Waals surface area contributed by atoms with Crippen molar-refractivity contribution in [3.8, 4) is 0 Å². The minimum absolute atomic E-state index is 0.0376. The molecule has 2 fully saturated rings. The Bertz CT molecular complexity index is 844. The Morgan fingerprint density at radius 2 is 1.81 bits per heavy atom. The van der Waals surface area contributed by atoms with Crippen LogP contribution in [0, 0.1) is 11.2 Å². The summed E-state index contributed by atoms with van der Waals surface area (Å²) in [6, 6.07) is 4.42. The molecule has 1 unspecified atom stereocenters. The van der Waals surface area contributed by atoms with Gasteiger partial charge in [0.2, 0.25) is 11.8 Å². The summed E-state index contributed by atoms with van der Waals surface area (Å²) >= 11 is 0. The van der Waals surface area contributed by atoms with Crippen LogP contribution in [0.3, 0.4) is 0 Å².